The van der Waals surface area contributed by atoms with Gasteiger partial charge in [-0.3, -0.25) is 4.90 Å². The highest BCUT2D eigenvalue weighted by Crippen LogP contribution is 2.34. The van der Waals surface area contributed by atoms with Crippen LogP contribution in [-0.2, 0) is 4.74 Å². The van der Waals surface area contributed by atoms with Gasteiger partial charge >= 0.3 is 6.09 Å². The van der Waals surface area contributed by atoms with Crippen molar-refractivity contribution in [2.45, 2.75) is 38.8 Å². The van der Waals surface area contributed by atoms with Gasteiger partial charge < -0.3 is 10.1 Å². The maximum absolute atomic E-state index is 11.7. The first kappa shape index (κ1) is 19.4. The van der Waals surface area contributed by atoms with E-state index in [2.05, 4.69) is 70.9 Å². The number of amides is 1. The Morgan fingerprint density at radius 2 is 1.56 bits per heavy atom. The minimum atomic E-state index is -0.448. The van der Waals surface area contributed by atoms with Crippen molar-refractivity contribution in [3.63, 3.8) is 0 Å². The van der Waals surface area contributed by atoms with E-state index in [1.165, 1.54) is 11.1 Å². The molecule has 1 amide bonds. The smallest absolute Gasteiger partial charge is 0.407 e. The van der Waals surface area contributed by atoms with Gasteiger partial charge in [0.15, 0.2) is 0 Å². The minimum absolute atomic E-state index is 0.294. The number of benzene rings is 2. The van der Waals surface area contributed by atoms with Crippen molar-refractivity contribution in [1.82, 2.24) is 10.2 Å². The number of rotatable bonds is 6. The third-order valence-corrected chi connectivity index (χ3v) is 4.80. The highest BCUT2D eigenvalue weighted by Gasteiger charge is 2.33. The van der Waals surface area contributed by atoms with Gasteiger partial charge in [0, 0.05) is 19.6 Å². The second-order valence-electron chi connectivity index (χ2n) is 8.26. The van der Waals surface area contributed by atoms with Crippen LogP contribution in [0.3, 0.4) is 0 Å². The Morgan fingerprint density at radius 1 is 1.04 bits per heavy atom. The van der Waals surface area contributed by atoms with E-state index in [0.717, 1.165) is 19.5 Å². The molecule has 1 heterocycles. The molecule has 1 N–H and O–H groups in total. The van der Waals surface area contributed by atoms with E-state index in [1.807, 2.05) is 20.8 Å². The van der Waals surface area contributed by atoms with E-state index >= 15 is 0 Å². The molecule has 1 saturated heterocycles. The van der Waals surface area contributed by atoms with Gasteiger partial charge in [0.05, 0.1) is 6.04 Å². The van der Waals surface area contributed by atoms with Crippen LogP contribution >= 0.6 is 0 Å². The van der Waals surface area contributed by atoms with Gasteiger partial charge in [0.25, 0.3) is 0 Å². The van der Waals surface area contributed by atoms with E-state index in [9.17, 15) is 4.79 Å². The third-order valence-electron chi connectivity index (χ3n) is 4.80. The summed E-state index contributed by atoms with van der Waals surface area (Å²) in [6, 6.07) is 21.7. The molecule has 3 rings (SSSR count). The zero-order valence-electron chi connectivity index (χ0n) is 16.5. The summed E-state index contributed by atoms with van der Waals surface area (Å²) in [6.45, 7) is 8.39. The SMILES string of the molecule is CC(C)(C)OC(=O)NCCC1CN(C(c2ccccc2)c2ccccc2)C1. The average Bonchev–Trinajstić information content (AvgIpc) is 2.59. The van der Waals surface area contributed by atoms with Crippen LogP contribution < -0.4 is 5.32 Å². The number of nitrogens with zero attached hydrogens (tertiary/aromatic N) is 1. The highest BCUT2D eigenvalue weighted by molar-refractivity contribution is 5.67. The second kappa shape index (κ2) is 8.57. The molecule has 144 valence electrons. The predicted molar refractivity (Wildman–Crippen MR) is 109 cm³/mol. The van der Waals surface area contributed by atoms with Crippen LogP contribution in [0, 0.1) is 5.92 Å². The van der Waals surface area contributed by atoms with E-state index < -0.39 is 5.60 Å². The quantitative estimate of drug-likeness (QED) is 0.811. The number of alkyl carbamates (subject to hydrolysis) is 1. The summed E-state index contributed by atoms with van der Waals surface area (Å²) in [5.41, 5.74) is 2.21. The molecule has 0 unspecified atom stereocenters. The van der Waals surface area contributed by atoms with Crippen molar-refractivity contribution >= 4 is 6.09 Å². The molecule has 4 nitrogen and oxygen atoms in total. The lowest BCUT2D eigenvalue weighted by molar-refractivity contribution is 0.0476. The molecule has 2 aromatic carbocycles. The molecule has 1 aliphatic rings. The molecule has 1 fully saturated rings. The van der Waals surface area contributed by atoms with Crippen LogP contribution in [0.15, 0.2) is 60.7 Å². The zero-order valence-corrected chi connectivity index (χ0v) is 16.5. The topological polar surface area (TPSA) is 41.6 Å². The normalized spacial score (nSPS) is 15.4. The van der Waals surface area contributed by atoms with Gasteiger partial charge in [-0.15, -0.1) is 0 Å². The molecular weight excluding hydrogens is 336 g/mol. The number of carbonyl (C=O) groups is 1. The van der Waals surface area contributed by atoms with Crippen LogP contribution in [0.4, 0.5) is 4.79 Å². The molecule has 1 aliphatic heterocycles. The monoisotopic (exact) mass is 366 g/mol. The van der Waals surface area contributed by atoms with Crippen LogP contribution in [0.25, 0.3) is 0 Å². The summed E-state index contributed by atoms with van der Waals surface area (Å²) in [5.74, 6) is 0.606. The van der Waals surface area contributed by atoms with E-state index in [-0.39, 0.29) is 6.09 Å². The van der Waals surface area contributed by atoms with Gasteiger partial charge in [0.1, 0.15) is 5.60 Å². The number of likely N-dealkylation sites (tertiary alicyclic amines) is 1. The van der Waals surface area contributed by atoms with Gasteiger partial charge in [-0.05, 0) is 44.2 Å². The van der Waals surface area contributed by atoms with E-state index in [4.69, 9.17) is 4.74 Å². The van der Waals surface area contributed by atoms with Crippen molar-refractivity contribution in [2.24, 2.45) is 5.92 Å². The van der Waals surface area contributed by atoms with Crippen molar-refractivity contribution in [3.8, 4) is 0 Å². The molecular formula is C23H30N2O2. The predicted octanol–water partition coefficient (Wildman–Crippen LogP) is 4.62. The average molecular weight is 367 g/mol. The molecule has 0 atom stereocenters. The lowest BCUT2D eigenvalue weighted by Gasteiger charge is -2.45. The van der Waals surface area contributed by atoms with Gasteiger partial charge in [-0.25, -0.2) is 4.79 Å². The third kappa shape index (κ3) is 5.57. The first-order valence-electron chi connectivity index (χ1n) is 9.73. The number of hydrogen-bond donors (Lipinski definition) is 1. The molecule has 0 saturated carbocycles. The molecule has 0 spiro atoms. The largest absolute Gasteiger partial charge is 0.444 e. The summed E-state index contributed by atoms with van der Waals surface area (Å²) >= 11 is 0. The number of carbonyl (C=O) groups excluding carboxylic acids is 1. The molecule has 0 aliphatic carbocycles. The Hall–Kier alpha value is -2.33. The molecule has 2 aromatic rings. The van der Waals surface area contributed by atoms with Crippen LogP contribution in [0.2, 0.25) is 0 Å². The fourth-order valence-corrected chi connectivity index (χ4v) is 3.58. The van der Waals surface area contributed by atoms with Crippen molar-refractivity contribution < 1.29 is 9.53 Å². The van der Waals surface area contributed by atoms with Crippen LogP contribution in [0.5, 0.6) is 0 Å². The Labute approximate surface area is 162 Å². The summed E-state index contributed by atoms with van der Waals surface area (Å²) in [4.78, 5) is 14.3. The first-order valence-corrected chi connectivity index (χ1v) is 9.73. The second-order valence-corrected chi connectivity index (χ2v) is 8.26. The number of nitrogens with one attached hydrogen (secondary N) is 1. The van der Waals surface area contributed by atoms with E-state index in [0.29, 0.717) is 18.5 Å². The fraction of sp³-hybridized carbons (Fsp3) is 0.435. The lowest BCUT2D eigenvalue weighted by atomic mass is 9.89. The standard InChI is InChI=1S/C23H30N2O2/c1-23(2,3)27-22(26)24-15-14-18-16-25(17-18)21(19-10-6-4-7-11-19)20-12-8-5-9-13-20/h4-13,18,21H,14-17H2,1-3H3,(H,24,26). The molecule has 0 aromatic heterocycles. The van der Waals surface area contributed by atoms with E-state index in [1.54, 1.807) is 0 Å². The van der Waals surface area contributed by atoms with Gasteiger partial charge in [-0.2, -0.15) is 0 Å². The molecule has 4 heteroatoms. The Balaban J connectivity index is 1.52. The van der Waals surface area contributed by atoms with Gasteiger partial charge in [0.2, 0.25) is 0 Å². The van der Waals surface area contributed by atoms with Crippen LogP contribution in [0.1, 0.15) is 44.4 Å². The van der Waals surface area contributed by atoms with Gasteiger partial charge in [-0.1, -0.05) is 60.7 Å². The van der Waals surface area contributed by atoms with Crippen LogP contribution in [-0.4, -0.2) is 36.2 Å². The summed E-state index contributed by atoms with van der Waals surface area (Å²) in [5, 5.41) is 2.87. The maximum Gasteiger partial charge on any atom is 0.407 e. The first-order chi connectivity index (χ1) is 12.9. The maximum atomic E-state index is 11.7. The molecule has 27 heavy (non-hydrogen) atoms. The Bertz CT molecular complexity index is 680. The summed E-state index contributed by atoms with van der Waals surface area (Å²) < 4.78 is 5.29. The molecule has 0 radical (unpaired) electrons. The number of ether oxygens (including phenoxy) is 1. The zero-order chi connectivity index (χ0) is 19.3. The minimum Gasteiger partial charge on any atom is -0.444 e. The fourth-order valence-electron chi connectivity index (χ4n) is 3.58. The Morgan fingerprint density at radius 3 is 2.04 bits per heavy atom. The highest BCUT2D eigenvalue weighted by atomic mass is 16.6. The molecule has 0 bridgehead atoms. The number of hydrogen-bond acceptors (Lipinski definition) is 3. The lowest BCUT2D eigenvalue weighted by Crippen LogP contribution is -2.49. The summed E-state index contributed by atoms with van der Waals surface area (Å²) in [6.07, 6.45) is 0.650. The van der Waals surface area contributed by atoms with Crippen molar-refractivity contribution in [3.05, 3.63) is 71.8 Å². The summed E-state index contributed by atoms with van der Waals surface area (Å²) in [7, 11) is 0. The van der Waals surface area contributed by atoms with Crippen molar-refractivity contribution in [1.29, 1.82) is 0 Å². The van der Waals surface area contributed by atoms with Crippen molar-refractivity contribution in [2.75, 3.05) is 19.6 Å². The Kier molecular flexibility index (Phi) is 6.17.